The predicted octanol–water partition coefficient (Wildman–Crippen LogP) is 4.24. The number of halogens is 3. The third-order valence-electron chi connectivity index (χ3n) is 4.79. The first-order chi connectivity index (χ1) is 15.0. The fourth-order valence-electron chi connectivity index (χ4n) is 2.96. The summed E-state index contributed by atoms with van der Waals surface area (Å²) in [5, 5.41) is 12.0. The normalized spacial score (nSPS) is 12.7. The first kappa shape index (κ1) is 22.8. The zero-order valence-corrected chi connectivity index (χ0v) is 17.5. The molecule has 1 unspecified atom stereocenters. The van der Waals surface area contributed by atoms with E-state index in [0.717, 1.165) is 12.1 Å². The standard InChI is InChI=1S/C22H19F3N6O/c1-13(17-18(28-8-7-27-17)19-29-5-4-6-30-19)31-20(32)14-9-15(21(2,3)12-26)11-16(10-14)22(23,24)25/h4-11,13H,1-3H3,(H,31,32). The highest BCUT2D eigenvalue weighted by Gasteiger charge is 2.34. The number of nitriles is 1. The molecule has 0 aliphatic carbocycles. The van der Waals surface area contributed by atoms with Gasteiger partial charge in [-0.05, 0) is 50.6 Å². The Bertz CT molecular complexity index is 1170. The second-order valence-corrected chi connectivity index (χ2v) is 7.59. The van der Waals surface area contributed by atoms with Crippen molar-refractivity contribution in [3.63, 3.8) is 0 Å². The molecule has 1 amide bonds. The van der Waals surface area contributed by atoms with Crippen molar-refractivity contribution in [3.05, 3.63) is 71.4 Å². The fraction of sp³-hybridized carbons (Fsp3) is 0.273. The molecule has 0 radical (unpaired) electrons. The molecule has 0 saturated heterocycles. The number of nitrogens with zero attached hydrogens (tertiary/aromatic N) is 5. The minimum Gasteiger partial charge on any atom is -0.344 e. The number of carbonyl (C=O) groups excluding carboxylic acids is 1. The van der Waals surface area contributed by atoms with Crippen LogP contribution in [0.2, 0.25) is 0 Å². The van der Waals surface area contributed by atoms with Crippen LogP contribution in [0.4, 0.5) is 13.2 Å². The average molecular weight is 440 g/mol. The van der Waals surface area contributed by atoms with Gasteiger partial charge in [0.2, 0.25) is 0 Å². The largest absolute Gasteiger partial charge is 0.416 e. The van der Waals surface area contributed by atoms with E-state index in [0.29, 0.717) is 17.2 Å². The van der Waals surface area contributed by atoms with Gasteiger partial charge in [0.05, 0.1) is 28.8 Å². The van der Waals surface area contributed by atoms with Gasteiger partial charge in [-0.15, -0.1) is 0 Å². The van der Waals surface area contributed by atoms with Crippen molar-refractivity contribution in [2.45, 2.75) is 38.4 Å². The van der Waals surface area contributed by atoms with Crippen LogP contribution in [0.5, 0.6) is 0 Å². The Kier molecular flexibility index (Phi) is 6.20. The Morgan fingerprint density at radius 3 is 2.25 bits per heavy atom. The SMILES string of the molecule is CC(NC(=O)c1cc(C(F)(F)F)cc(C(C)(C)C#N)c1)c1nccnc1-c1ncccn1. The molecule has 0 fully saturated rings. The molecule has 164 valence electrons. The van der Waals surface area contributed by atoms with Gasteiger partial charge in [0.15, 0.2) is 5.82 Å². The molecule has 0 aliphatic heterocycles. The molecular weight excluding hydrogens is 421 g/mol. The van der Waals surface area contributed by atoms with Gasteiger partial charge in [-0.1, -0.05) is 0 Å². The molecule has 3 aromatic rings. The number of aromatic nitrogens is 4. The third kappa shape index (κ3) is 4.88. The summed E-state index contributed by atoms with van der Waals surface area (Å²) in [5.74, 6) is -0.446. The van der Waals surface area contributed by atoms with E-state index in [9.17, 15) is 23.2 Å². The summed E-state index contributed by atoms with van der Waals surface area (Å²) >= 11 is 0. The summed E-state index contributed by atoms with van der Waals surface area (Å²) in [6.07, 6.45) is 1.27. The van der Waals surface area contributed by atoms with Crippen LogP contribution < -0.4 is 5.32 Å². The summed E-state index contributed by atoms with van der Waals surface area (Å²) in [6.45, 7) is 4.60. The van der Waals surface area contributed by atoms with Gasteiger partial charge >= 0.3 is 6.18 Å². The molecule has 10 heteroatoms. The molecular formula is C22H19F3N6O. The van der Waals surface area contributed by atoms with E-state index in [1.54, 1.807) is 13.0 Å². The fourth-order valence-corrected chi connectivity index (χ4v) is 2.96. The van der Waals surface area contributed by atoms with Crippen LogP contribution in [0.25, 0.3) is 11.5 Å². The summed E-state index contributed by atoms with van der Waals surface area (Å²) in [6, 6.07) is 5.83. The van der Waals surface area contributed by atoms with E-state index >= 15 is 0 Å². The highest BCUT2D eigenvalue weighted by molar-refractivity contribution is 5.95. The highest BCUT2D eigenvalue weighted by Crippen LogP contribution is 2.34. The van der Waals surface area contributed by atoms with Gasteiger partial charge in [-0.3, -0.25) is 9.78 Å². The van der Waals surface area contributed by atoms with Crippen LogP contribution in [0.3, 0.4) is 0 Å². The van der Waals surface area contributed by atoms with Crippen molar-refractivity contribution in [2.24, 2.45) is 0 Å². The number of benzene rings is 1. The van der Waals surface area contributed by atoms with Gasteiger partial charge in [0, 0.05) is 30.4 Å². The average Bonchev–Trinajstić information content (AvgIpc) is 2.78. The lowest BCUT2D eigenvalue weighted by molar-refractivity contribution is -0.137. The molecule has 32 heavy (non-hydrogen) atoms. The van der Waals surface area contributed by atoms with Crippen LogP contribution in [-0.2, 0) is 11.6 Å². The highest BCUT2D eigenvalue weighted by atomic mass is 19.4. The van der Waals surface area contributed by atoms with Crippen molar-refractivity contribution in [1.82, 2.24) is 25.3 Å². The van der Waals surface area contributed by atoms with E-state index < -0.39 is 29.1 Å². The first-order valence-corrected chi connectivity index (χ1v) is 9.56. The molecule has 2 heterocycles. The van der Waals surface area contributed by atoms with E-state index in [2.05, 4.69) is 25.3 Å². The third-order valence-corrected chi connectivity index (χ3v) is 4.79. The molecule has 0 saturated carbocycles. The van der Waals surface area contributed by atoms with Gasteiger partial charge < -0.3 is 5.32 Å². The lowest BCUT2D eigenvalue weighted by Gasteiger charge is -2.20. The summed E-state index contributed by atoms with van der Waals surface area (Å²) in [4.78, 5) is 29.6. The molecule has 0 aliphatic rings. The van der Waals surface area contributed by atoms with Gasteiger partial charge in [-0.2, -0.15) is 18.4 Å². The van der Waals surface area contributed by atoms with E-state index in [1.807, 2.05) is 6.07 Å². The van der Waals surface area contributed by atoms with E-state index in [-0.39, 0.29) is 11.1 Å². The lowest BCUT2D eigenvalue weighted by Crippen LogP contribution is -2.29. The maximum atomic E-state index is 13.4. The zero-order chi connectivity index (χ0) is 23.5. The Labute approximate surface area is 182 Å². The summed E-state index contributed by atoms with van der Waals surface area (Å²) < 4.78 is 40.3. The number of amides is 1. The van der Waals surface area contributed by atoms with E-state index in [1.165, 1.54) is 44.7 Å². The quantitative estimate of drug-likeness (QED) is 0.636. The van der Waals surface area contributed by atoms with Gasteiger partial charge in [0.25, 0.3) is 5.91 Å². The van der Waals surface area contributed by atoms with Crippen molar-refractivity contribution in [1.29, 1.82) is 5.26 Å². The maximum absolute atomic E-state index is 13.4. The molecule has 3 rings (SSSR count). The molecule has 1 atom stereocenters. The zero-order valence-electron chi connectivity index (χ0n) is 17.5. The van der Waals surface area contributed by atoms with Crippen LogP contribution in [-0.4, -0.2) is 25.8 Å². The minimum atomic E-state index is -4.68. The van der Waals surface area contributed by atoms with Crippen molar-refractivity contribution in [2.75, 3.05) is 0 Å². The molecule has 1 aromatic carbocycles. The number of alkyl halides is 3. The van der Waals surface area contributed by atoms with Crippen LogP contribution in [0, 0.1) is 11.3 Å². The van der Waals surface area contributed by atoms with Gasteiger partial charge in [-0.25, -0.2) is 15.0 Å². The number of rotatable bonds is 5. The predicted molar refractivity (Wildman–Crippen MR) is 109 cm³/mol. The maximum Gasteiger partial charge on any atom is 0.416 e. The first-order valence-electron chi connectivity index (χ1n) is 9.56. The van der Waals surface area contributed by atoms with Crippen LogP contribution >= 0.6 is 0 Å². The molecule has 0 spiro atoms. The summed E-state index contributed by atoms with van der Waals surface area (Å²) in [5.41, 5.74) is -1.65. The molecule has 2 aromatic heterocycles. The van der Waals surface area contributed by atoms with Crippen LogP contribution in [0.1, 0.15) is 54.0 Å². The molecule has 1 N–H and O–H groups in total. The molecule has 7 nitrogen and oxygen atoms in total. The Hall–Kier alpha value is -3.87. The number of hydrogen-bond donors (Lipinski definition) is 1. The van der Waals surface area contributed by atoms with Crippen molar-refractivity contribution < 1.29 is 18.0 Å². The van der Waals surface area contributed by atoms with E-state index in [4.69, 9.17) is 0 Å². The Balaban J connectivity index is 1.96. The van der Waals surface area contributed by atoms with Crippen molar-refractivity contribution >= 4 is 5.91 Å². The summed E-state index contributed by atoms with van der Waals surface area (Å²) in [7, 11) is 0. The topological polar surface area (TPSA) is 104 Å². The molecule has 0 bridgehead atoms. The van der Waals surface area contributed by atoms with Crippen LogP contribution in [0.15, 0.2) is 49.1 Å². The second-order valence-electron chi connectivity index (χ2n) is 7.59. The minimum absolute atomic E-state index is 0.0884. The van der Waals surface area contributed by atoms with Gasteiger partial charge in [0.1, 0.15) is 5.69 Å². The lowest BCUT2D eigenvalue weighted by atomic mass is 9.84. The monoisotopic (exact) mass is 440 g/mol. The Morgan fingerprint density at radius 2 is 1.62 bits per heavy atom. The second kappa shape index (κ2) is 8.70. The smallest absolute Gasteiger partial charge is 0.344 e. The Morgan fingerprint density at radius 1 is 1.00 bits per heavy atom. The number of carbonyl (C=O) groups is 1. The number of hydrogen-bond acceptors (Lipinski definition) is 6. The van der Waals surface area contributed by atoms with Crippen molar-refractivity contribution in [3.8, 4) is 17.6 Å². The number of nitrogens with one attached hydrogen (secondary N) is 1.